The maximum absolute atomic E-state index is 12.3. The summed E-state index contributed by atoms with van der Waals surface area (Å²) >= 11 is 0. The molecule has 0 aliphatic rings. The Morgan fingerprint density at radius 2 is 1.15 bits per heavy atom. The van der Waals surface area contributed by atoms with Crippen LogP contribution in [-0.4, -0.2) is 39.3 Å². The maximum Gasteiger partial charge on any atom is 0.316 e. The predicted molar refractivity (Wildman–Crippen MR) is 109 cm³/mol. The van der Waals surface area contributed by atoms with Crippen LogP contribution >= 0.6 is 0 Å². The second-order valence-electron chi connectivity index (χ2n) is 7.82. The lowest BCUT2D eigenvalue weighted by molar-refractivity contribution is -0.151. The van der Waals surface area contributed by atoms with Crippen LogP contribution in [0.3, 0.4) is 0 Å². The smallest absolute Gasteiger partial charge is 0.316 e. The molecule has 0 bridgehead atoms. The molecule has 0 saturated carbocycles. The molecule has 0 aromatic heterocycles. The summed E-state index contributed by atoms with van der Waals surface area (Å²) in [5.41, 5.74) is 0. The van der Waals surface area contributed by atoms with E-state index in [4.69, 9.17) is 0 Å². The SMILES string of the molecule is CCCCCCCCCC(O)CC(=O)C(C(=O)O)C(O)CCCCCCC. The van der Waals surface area contributed by atoms with Crippen molar-refractivity contribution in [2.24, 2.45) is 5.92 Å². The number of aliphatic carboxylic acids is 1. The number of unbranched alkanes of at least 4 members (excludes halogenated alkanes) is 10. The monoisotopic (exact) mass is 386 g/mol. The molecule has 3 unspecified atom stereocenters. The third-order valence-corrected chi connectivity index (χ3v) is 5.18. The minimum absolute atomic E-state index is 0.181. The number of hydrogen-bond donors (Lipinski definition) is 3. The number of aliphatic hydroxyl groups excluding tert-OH is 2. The van der Waals surface area contributed by atoms with Crippen LogP contribution in [0.5, 0.6) is 0 Å². The van der Waals surface area contributed by atoms with Crippen LogP contribution in [0.2, 0.25) is 0 Å². The van der Waals surface area contributed by atoms with Crippen LogP contribution in [0, 0.1) is 5.92 Å². The molecule has 0 aromatic rings. The largest absolute Gasteiger partial charge is 0.481 e. The number of carbonyl (C=O) groups excluding carboxylic acids is 1. The fourth-order valence-corrected chi connectivity index (χ4v) is 3.44. The van der Waals surface area contributed by atoms with Crippen molar-refractivity contribution in [2.75, 3.05) is 0 Å². The molecule has 160 valence electrons. The van der Waals surface area contributed by atoms with Crippen molar-refractivity contribution in [1.82, 2.24) is 0 Å². The highest BCUT2D eigenvalue weighted by Crippen LogP contribution is 2.18. The van der Waals surface area contributed by atoms with Gasteiger partial charge in [0.15, 0.2) is 5.78 Å². The summed E-state index contributed by atoms with van der Waals surface area (Å²) in [6, 6.07) is 0. The Bertz CT molecular complexity index is 383. The lowest BCUT2D eigenvalue weighted by Crippen LogP contribution is -2.36. The summed E-state index contributed by atoms with van der Waals surface area (Å²) in [5.74, 6) is -3.26. The molecular formula is C22H42O5. The van der Waals surface area contributed by atoms with Gasteiger partial charge in [-0.3, -0.25) is 9.59 Å². The molecule has 0 heterocycles. The van der Waals surface area contributed by atoms with Gasteiger partial charge in [0.2, 0.25) is 0 Å². The summed E-state index contributed by atoms with van der Waals surface area (Å²) in [6.07, 6.45) is 11.6. The molecule has 5 nitrogen and oxygen atoms in total. The summed E-state index contributed by atoms with van der Waals surface area (Å²) in [7, 11) is 0. The number of ketones is 1. The van der Waals surface area contributed by atoms with Gasteiger partial charge in [-0.25, -0.2) is 0 Å². The van der Waals surface area contributed by atoms with Crippen molar-refractivity contribution in [3.05, 3.63) is 0 Å². The molecule has 3 N–H and O–H groups in total. The van der Waals surface area contributed by atoms with Gasteiger partial charge in [0.25, 0.3) is 0 Å². The molecule has 0 amide bonds. The molecule has 0 aromatic carbocycles. The Hall–Kier alpha value is -0.940. The average Bonchev–Trinajstić information content (AvgIpc) is 2.60. The number of Topliss-reactive ketones (excluding diaryl/α,β-unsaturated/α-hetero) is 1. The van der Waals surface area contributed by atoms with E-state index in [-0.39, 0.29) is 6.42 Å². The first-order chi connectivity index (χ1) is 12.9. The van der Waals surface area contributed by atoms with Crippen LogP contribution in [0.1, 0.15) is 110 Å². The Balaban J connectivity index is 4.12. The van der Waals surface area contributed by atoms with Gasteiger partial charge in [0, 0.05) is 6.42 Å². The van der Waals surface area contributed by atoms with Gasteiger partial charge in [-0.1, -0.05) is 90.9 Å². The van der Waals surface area contributed by atoms with Gasteiger partial charge >= 0.3 is 5.97 Å². The van der Waals surface area contributed by atoms with Gasteiger partial charge in [0.05, 0.1) is 12.2 Å². The second-order valence-corrected chi connectivity index (χ2v) is 7.82. The molecular weight excluding hydrogens is 344 g/mol. The zero-order chi connectivity index (χ0) is 20.5. The molecule has 0 radical (unpaired) electrons. The Morgan fingerprint density at radius 3 is 1.63 bits per heavy atom. The molecule has 0 spiro atoms. The maximum atomic E-state index is 12.3. The molecule has 0 fully saturated rings. The number of carboxylic acid groups (broad SMARTS) is 1. The number of carbonyl (C=O) groups is 2. The molecule has 3 atom stereocenters. The molecule has 0 aliphatic heterocycles. The molecule has 27 heavy (non-hydrogen) atoms. The zero-order valence-corrected chi connectivity index (χ0v) is 17.5. The fraction of sp³-hybridized carbons (Fsp3) is 0.909. The number of carboxylic acids is 1. The first-order valence-corrected chi connectivity index (χ1v) is 11.1. The molecule has 0 rings (SSSR count). The Kier molecular flexibility index (Phi) is 16.6. The summed E-state index contributed by atoms with van der Waals surface area (Å²) < 4.78 is 0. The van der Waals surface area contributed by atoms with Gasteiger partial charge in [-0.15, -0.1) is 0 Å². The van der Waals surface area contributed by atoms with Crippen molar-refractivity contribution in [3.63, 3.8) is 0 Å². The first-order valence-electron chi connectivity index (χ1n) is 11.1. The lowest BCUT2D eigenvalue weighted by Gasteiger charge is -2.19. The highest BCUT2D eigenvalue weighted by molar-refractivity contribution is 5.99. The van der Waals surface area contributed by atoms with Gasteiger partial charge in [-0.2, -0.15) is 0 Å². The van der Waals surface area contributed by atoms with Crippen molar-refractivity contribution in [2.45, 2.75) is 122 Å². The van der Waals surface area contributed by atoms with Crippen molar-refractivity contribution in [1.29, 1.82) is 0 Å². The van der Waals surface area contributed by atoms with E-state index in [1.54, 1.807) is 0 Å². The minimum Gasteiger partial charge on any atom is -0.481 e. The summed E-state index contributed by atoms with van der Waals surface area (Å²) in [4.78, 5) is 23.7. The van der Waals surface area contributed by atoms with Gasteiger partial charge < -0.3 is 15.3 Å². The van der Waals surface area contributed by atoms with Gasteiger partial charge in [0.1, 0.15) is 5.92 Å². The lowest BCUT2D eigenvalue weighted by atomic mass is 9.89. The Morgan fingerprint density at radius 1 is 0.704 bits per heavy atom. The second kappa shape index (κ2) is 17.2. The number of aliphatic hydroxyl groups is 2. The zero-order valence-electron chi connectivity index (χ0n) is 17.5. The third kappa shape index (κ3) is 13.8. The first kappa shape index (κ1) is 26.1. The topological polar surface area (TPSA) is 94.8 Å². The van der Waals surface area contributed by atoms with E-state index in [0.717, 1.165) is 51.4 Å². The molecule has 5 heteroatoms. The third-order valence-electron chi connectivity index (χ3n) is 5.18. The van der Waals surface area contributed by atoms with E-state index in [1.165, 1.54) is 25.7 Å². The predicted octanol–water partition coefficient (Wildman–Crippen LogP) is 4.87. The van der Waals surface area contributed by atoms with E-state index >= 15 is 0 Å². The molecule has 0 aliphatic carbocycles. The summed E-state index contributed by atoms with van der Waals surface area (Å²) in [6.45, 7) is 4.30. The van der Waals surface area contributed by atoms with E-state index in [2.05, 4.69) is 13.8 Å². The van der Waals surface area contributed by atoms with E-state index < -0.39 is 29.9 Å². The standard InChI is InChI=1S/C22H42O5/c1-3-5-7-9-10-12-13-15-18(23)17-20(25)21(22(26)27)19(24)16-14-11-8-6-4-2/h18-19,21,23-24H,3-17H2,1-2H3,(H,26,27). The van der Waals surface area contributed by atoms with Crippen LogP contribution in [0.4, 0.5) is 0 Å². The van der Waals surface area contributed by atoms with Crippen molar-refractivity contribution < 1.29 is 24.9 Å². The van der Waals surface area contributed by atoms with E-state index in [9.17, 15) is 24.9 Å². The van der Waals surface area contributed by atoms with Crippen LogP contribution < -0.4 is 0 Å². The normalized spacial score (nSPS) is 14.7. The van der Waals surface area contributed by atoms with Crippen LogP contribution in [0.25, 0.3) is 0 Å². The van der Waals surface area contributed by atoms with E-state index in [0.29, 0.717) is 12.8 Å². The van der Waals surface area contributed by atoms with Gasteiger partial charge in [-0.05, 0) is 12.8 Å². The number of hydrogen-bond acceptors (Lipinski definition) is 4. The van der Waals surface area contributed by atoms with Crippen molar-refractivity contribution >= 4 is 11.8 Å². The minimum atomic E-state index is -1.42. The average molecular weight is 387 g/mol. The van der Waals surface area contributed by atoms with Crippen LogP contribution in [0.15, 0.2) is 0 Å². The van der Waals surface area contributed by atoms with Crippen LogP contribution in [-0.2, 0) is 9.59 Å². The fourth-order valence-electron chi connectivity index (χ4n) is 3.44. The van der Waals surface area contributed by atoms with E-state index in [1.807, 2.05) is 0 Å². The summed E-state index contributed by atoms with van der Waals surface area (Å²) in [5, 5.41) is 29.5. The Labute approximate surface area is 165 Å². The molecule has 0 saturated heterocycles. The van der Waals surface area contributed by atoms with Crippen molar-refractivity contribution in [3.8, 4) is 0 Å². The highest BCUT2D eigenvalue weighted by Gasteiger charge is 2.33. The quantitative estimate of drug-likeness (QED) is 0.217. The number of rotatable bonds is 19. The highest BCUT2D eigenvalue weighted by atomic mass is 16.4.